The molecule has 0 spiro atoms. The second-order valence-corrected chi connectivity index (χ2v) is 11.0. The molecule has 5 rings (SSSR count). The van der Waals surface area contributed by atoms with Gasteiger partial charge in [-0.1, -0.05) is 23.7 Å². The molecule has 2 amide bonds. The molecule has 3 aromatic rings. The fourth-order valence-corrected chi connectivity index (χ4v) is 5.28. The fourth-order valence-electron chi connectivity index (χ4n) is 5.08. The van der Waals surface area contributed by atoms with Gasteiger partial charge < -0.3 is 25.2 Å². The van der Waals surface area contributed by atoms with Crippen molar-refractivity contribution in [1.82, 2.24) is 25.2 Å². The summed E-state index contributed by atoms with van der Waals surface area (Å²) >= 11 is 6.49. The van der Waals surface area contributed by atoms with E-state index in [9.17, 15) is 9.59 Å². The third-order valence-corrected chi connectivity index (χ3v) is 8.13. The molecular weight excluding hydrogens is 542 g/mol. The molecule has 2 N–H and O–H groups in total. The Kier molecular flexibility index (Phi) is 8.70. The summed E-state index contributed by atoms with van der Waals surface area (Å²) in [5.41, 5.74) is 3.63. The van der Waals surface area contributed by atoms with Crippen molar-refractivity contribution in [2.24, 2.45) is 0 Å². The normalized spacial score (nSPS) is 16.7. The highest BCUT2D eigenvalue weighted by Gasteiger charge is 2.34. The highest BCUT2D eigenvalue weighted by molar-refractivity contribution is 6.33. The van der Waals surface area contributed by atoms with Gasteiger partial charge in [0.15, 0.2) is 0 Å². The average Bonchev–Trinajstić information content (AvgIpc) is 3.33. The Morgan fingerprint density at radius 2 is 1.98 bits per heavy atom. The van der Waals surface area contributed by atoms with Gasteiger partial charge >= 0.3 is 0 Å². The van der Waals surface area contributed by atoms with E-state index in [2.05, 4.69) is 32.5 Å². The molecule has 2 aliphatic rings. The van der Waals surface area contributed by atoms with Gasteiger partial charge in [-0.3, -0.25) is 9.59 Å². The van der Waals surface area contributed by atoms with Crippen LogP contribution in [-0.2, 0) is 16.1 Å². The van der Waals surface area contributed by atoms with E-state index in [0.717, 1.165) is 41.9 Å². The van der Waals surface area contributed by atoms with Gasteiger partial charge in [0.1, 0.15) is 11.9 Å². The summed E-state index contributed by atoms with van der Waals surface area (Å²) in [5, 5.41) is 6.83. The molecule has 1 fully saturated rings. The summed E-state index contributed by atoms with van der Waals surface area (Å²) in [4.78, 5) is 43.8. The van der Waals surface area contributed by atoms with Crippen LogP contribution in [0.25, 0.3) is 11.3 Å². The lowest BCUT2D eigenvalue weighted by Crippen LogP contribution is -2.45. The van der Waals surface area contributed by atoms with E-state index in [1.807, 2.05) is 43.1 Å². The first-order chi connectivity index (χ1) is 19.7. The SMILES string of the molecule is CCN(C)c1cc(C(C)NC(=O)C(C)N2Cc3ccc(-c4nc(NC5CCOCC5)ncc4Cl)cc3C2=O)ccn1. The summed E-state index contributed by atoms with van der Waals surface area (Å²) in [6, 6.07) is 8.82. The molecule has 1 aromatic carbocycles. The zero-order chi connectivity index (χ0) is 29.1. The monoisotopic (exact) mass is 577 g/mol. The number of aromatic nitrogens is 3. The Bertz CT molecular complexity index is 1430. The van der Waals surface area contributed by atoms with E-state index in [1.54, 1.807) is 30.3 Å². The summed E-state index contributed by atoms with van der Waals surface area (Å²) in [6.45, 7) is 8.33. The van der Waals surface area contributed by atoms with E-state index in [4.69, 9.17) is 16.3 Å². The van der Waals surface area contributed by atoms with Crippen LogP contribution in [0.1, 0.15) is 61.1 Å². The Hall–Kier alpha value is -3.76. The number of carbonyl (C=O) groups excluding carboxylic acids is 2. The largest absolute Gasteiger partial charge is 0.381 e. The number of benzene rings is 1. The van der Waals surface area contributed by atoms with Crippen LogP contribution in [0.5, 0.6) is 0 Å². The maximum Gasteiger partial charge on any atom is 0.255 e. The number of hydrogen-bond acceptors (Lipinski definition) is 8. The van der Waals surface area contributed by atoms with Crippen LogP contribution in [0, 0.1) is 0 Å². The molecule has 2 aliphatic heterocycles. The standard InChI is InChI=1S/C30H36ClN7O3/c1-5-37(4)26-15-20(8-11-32-26)18(2)34-28(39)19(3)38-17-22-7-6-21(14-24(22)29(38)40)27-25(31)16-33-30(36-27)35-23-9-12-41-13-10-23/h6-8,11,14-16,18-19,23H,5,9-10,12-13,17H2,1-4H3,(H,34,39)(H,33,35,36). The average molecular weight is 578 g/mol. The van der Waals surface area contributed by atoms with Gasteiger partial charge in [0.2, 0.25) is 11.9 Å². The highest BCUT2D eigenvalue weighted by atomic mass is 35.5. The number of nitrogens with zero attached hydrogens (tertiary/aromatic N) is 5. The molecule has 0 saturated carbocycles. The maximum atomic E-state index is 13.5. The Labute approximate surface area is 245 Å². The first kappa shape index (κ1) is 28.8. The van der Waals surface area contributed by atoms with Crippen molar-refractivity contribution < 1.29 is 14.3 Å². The lowest BCUT2D eigenvalue weighted by molar-refractivity contribution is -0.125. The lowest BCUT2D eigenvalue weighted by atomic mass is 10.0. The number of ether oxygens (including phenoxy) is 1. The van der Waals surface area contributed by atoms with Gasteiger partial charge in [0.25, 0.3) is 5.91 Å². The molecule has 0 aliphatic carbocycles. The zero-order valence-electron chi connectivity index (χ0n) is 23.9. The third-order valence-electron chi connectivity index (χ3n) is 7.85. The van der Waals surface area contributed by atoms with Crippen molar-refractivity contribution in [3.05, 3.63) is 64.4 Å². The van der Waals surface area contributed by atoms with Crippen molar-refractivity contribution in [2.75, 3.05) is 37.0 Å². The van der Waals surface area contributed by atoms with Crippen LogP contribution in [0.3, 0.4) is 0 Å². The van der Waals surface area contributed by atoms with Crippen LogP contribution < -0.4 is 15.5 Å². The van der Waals surface area contributed by atoms with E-state index >= 15 is 0 Å². The van der Waals surface area contributed by atoms with Crippen LogP contribution in [-0.4, -0.2) is 70.6 Å². The first-order valence-electron chi connectivity index (χ1n) is 14.0. The number of halogens is 1. The van der Waals surface area contributed by atoms with Gasteiger partial charge in [-0.25, -0.2) is 15.0 Å². The number of rotatable bonds is 9. The van der Waals surface area contributed by atoms with E-state index in [0.29, 0.717) is 42.0 Å². The van der Waals surface area contributed by atoms with Gasteiger partial charge in [-0.15, -0.1) is 0 Å². The van der Waals surface area contributed by atoms with Crippen LogP contribution >= 0.6 is 11.6 Å². The van der Waals surface area contributed by atoms with E-state index in [1.165, 1.54) is 0 Å². The molecular formula is C30H36ClN7O3. The number of hydrogen-bond donors (Lipinski definition) is 2. The summed E-state index contributed by atoms with van der Waals surface area (Å²) in [7, 11) is 1.97. The molecule has 41 heavy (non-hydrogen) atoms. The molecule has 0 bridgehead atoms. The smallest absolute Gasteiger partial charge is 0.255 e. The van der Waals surface area contributed by atoms with Crippen LogP contribution in [0.2, 0.25) is 5.02 Å². The molecule has 10 nitrogen and oxygen atoms in total. The number of anilines is 2. The summed E-state index contributed by atoms with van der Waals surface area (Å²) in [6.07, 6.45) is 5.09. The molecule has 4 heterocycles. The van der Waals surface area contributed by atoms with Gasteiger partial charge in [-0.2, -0.15) is 0 Å². The minimum absolute atomic E-state index is 0.196. The predicted molar refractivity (Wildman–Crippen MR) is 159 cm³/mol. The second-order valence-electron chi connectivity index (χ2n) is 10.6. The fraction of sp³-hybridized carbons (Fsp3) is 0.433. The van der Waals surface area contributed by atoms with E-state index < -0.39 is 6.04 Å². The number of carbonyl (C=O) groups is 2. The van der Waals surface area contributed by atoms with Crippen LogP contribution in [0.4, 0.5) is 11.8 Å². The molecule has 11 heteroatoms. The topological polar surface area (TPSA) is 113 Å². The lowest BCUT2D eigenvalue weighted by Gasteiger charge is -2.25. The minimum atomic E-state index is -0.654. The minimum Gasteiger partial charge on any atom is -0.381 e. The Morgan fingerprint density at radius 1 is 1.20 bits per heavy atom. The first-order valence-corrected chi connectivity index (χ1v) is 14.4. The number of amides is 2. The van der Waals surface area contributed by atoms with Crippen LogP contribution in [0.15, 0.2) is 42.7 Å². The Balaban J connectivity index is 1.28. The van der Waals surface area contributed by atoms with Crippen molar-refractivity contribution >= 4 is 35.2 Å². The number of nitrogens with one attached hydrogen (secondary N) is 2. The molecule has 2 atom stereocenters. The Morgan fingerprint density at radius 3 is 2.73 bits per heavy atom. The number of pyridine rings is 1. The molecule has 216 valence electrons. The summed E-state index contributed by atoms with van der Waals surface area (Å²) in [5.74, 6) is 0.921. The van der Waals surface area contributed by atoms with Crippen molar-refractivity contribution in [3.63, 3.8) is 0 Å². The summed E-state index contributed by atoms with van der Waals surface area (Å²) < 4.78 is 5.43. The quantitative estimate of drug-likeness (QED) is 0.383. The van der Waals surface area contributed by atoms with Gasteiger partial charge in [0.05, 0.1) is 23.0 Å². The zero-order valence-corrected chi connectivity index (χ0v) is 24.6. The van der Waals surface area contributed by atoms with Crippen molar-refractivity contribution in [1.29, 1.82) is 0 Å². The third kappa shape index (κ3) is 6.28. The van der Waals surface area contributed by atoms with Crippen molar-refractivity contribution in [2.45, 2.75) is 58.3 Å². The predicted octanol–water partition coefficient (Wildman–Crippen LogP) is 4.46. The molecule has 0 radical (unpaired) electrons. The highest BCUT2D eigenvalue weighted by Crippen LogP contribution is 2.32. The van der Waals surface area contributed by atoms with Gasteiger partial charge in [-0.05, 0) is 62.9 Å². The number of fused-ring (bicyclic) bond motifs is 1. The van der Waals surface area contributed by atoms with Gasteiger partial charge in [0, 0.05) is 56.7 Å². The molecule has 2 aromatic heterocycles. The van der Waals surface area contributed by atoms with E-state index in [-0.39, 0.29) is 23.9 Å². The molecule has 2 unspecified atom stereocenters. The maximum absolute atomic E-state index is 13.5. The van der Waals surface area contributed by atoms with Crippen molar-refractivity contribution in [3.8, 4) is 11.3 Å². The molecule has 1 saturated heterocycles. The second kappa shape index (κ2) is 12.4.